The molecule has 0 bridgehead atoms. The topological polar surface area (TPSA) is 47.9 Å². The van der Waals surface area contributed by atoms with Crippen molar-refractivity contribution < 1.29 is 4.74 Å². The monoisotopic (exact) mass is 283 g/mol. The minimum atomic E-state index is 0.202. The van der Waals surface area contributed by atoms with Crippen LogP contribution >= 0.6 is 11.6 Å². The number of halogens is 1. The first-order chi connectivity index (χ1) is 9.81. The smallest absolute Gasteiger partial charge is 0.341 e. The lowest BCUT2D eigenvalue weighted by molar-refractivity contribution is 0.434. The van der Waals surface area contributed by atoms with Gasteiger partial charge in [-0.25, -0.2) is 0 Å². The van der Waals surface area contributed by atoms with E-state index in [0.29, 0.717) is 16.5 Å². The second-order valence-electron chi connectivity index (χ2n) is 4.05. The van der Waals surface area contributed by atoms with E-state index in [0.717, 1.165) is 5.56 Å². The molecule has 2 aromatic carbocycles. The van der Waals surface area contributed by atoms with Crippen LogP contribution in [0.4, 0.5) is 0 Å². The van der Waals surface area contributed by atoms with E-state index in [1.165, 1.54) is 0 Å². The van der Waals surface area contributed by atoms with E-state index in [9.17, 15) is 0 Å². The van der Waals surface area contributed by atoms with E-state index in [1.54, 1.807) is 12.3 Å². The molecular formula is C15H10ClN3O. The summed E-state index contributed by atoms with van der Waals surface area (Å²) in [6.45, 7) is 0. The SMILES string of the molecule is Clc1cccc(-c2cnnc(Oc3ccccc3)n2)c1. The molecule has 0 N–H and O–H groups in total. The Labute approximate surface area is 121 Å². The summed E-state index contributed by atoms with van der Waals surface area (Å²) in [5.41, 5.74) is 1.53. The fourth-order valence-electron chi connectivity index (χ4n) is 1.71. The van der Waals surface area contributed by atoms with Crippen molar-refractivity contribution in [3.8, 4) is 23.0 Å². The molecule has 0 unspecified atom stereocenters. The Balaban J connectivity index is 1.90. The molecule has 0 atom stereocenters. The Morgan fingerprint density at radius 3 is 2.60 bits per heavy atom. The van der Waals surface area contributed by atoms with Crippen molar-refractivity contribution in [2.24, 2.45) is 0 Å². The van der Waals surface area contributed by atoms with Crippen molar-refractivity contribution in [2.45, 2.75) is 0 Å². The zero-order chi connectivity index (χ0) is 13.8. The van der Waals surface area contributed by atoms with Crippen molar-refractivity contribution in [1.29, 1.82) is 0 Å². The number of hydrogen-bond donors (Lipinski definition) is 0. The molecule has 5 heteroatoms. The van der Waals surface area contributed by atoms with Crippen molar-refractivity contribution in [3.05, 3.63) is 65.8 Å². The van der Waals surface area contributed by atoms with Crippen LogP contribution in [0.15, 0.2) is 60.8 Å². The predicted molar refractivity (Wildman–Crippen MR) is 76.8 cm³/mol. The number of hydrogen-bond acceptors (Lipinski definition) is 4. The van der Waals surface area contributed by atoms with Crippen molar-refractivity contribution in [2.75, 3.05) is 0 Å². The quantitative estimate of drug-likeness (QED) is 0.729. The van der Waals surface area contributed by atoms with Crippen LogP contribution < -0.4 is 4.74 Å². The highest BCUT2D eigenvalue weighted by atomic mass is 35.5. The van der Waals surface area contributed by atoms with Crippen LogP contribution in [0.25, 0.3) is 11.3 Å². The lowest BCUT2D eigenvalue weighted by atomic mass is 10.2. The van der Waals surface area contributed by atoms with Crippen LogP contribution in [-0.2, 0) is 0 Å². The summed E-state index contributed by atoms with van der Waals surface area (Å²) in [6.07, 6.45) is 1.57. The maximum atomic E-state index is 5.97. The first kappa shape index (κ1) is 12.6. The van der Waals surface area contributed by atoms with Crippen LogP contribution in [0.1, 0.15) is 0 Å². The molecule has 0 aliphatic carbocycles. The third kappa shape index (κ3) is 2.92. The molecule has 0 amide bonds. The molecule has 0 saturated heterocycles. The molecule has 0 saturated carbocycles. The summed E-state index contributed by atoms with van der Waals surface area (Å²) in [5, 5.41) is 8.42. The third-order valence-corrected chi connectivity index (χ3v) is 2.85. The third-order valence-electron chi connectivity index (χ3n) is 2.61. The van der Waals surface area contributed by atoms with Gasteiger partial charge in [-0.2, -0.15) is 10.1 Å². The van der Waals surface area contributed by atoms with E-state index in [1.807, 2.05) is 48.5 Å². The molecule has 0 spiro atoms. The Bertz CT molecular complexity index is 719. The van der Waals surface area contributed by atoms with Gasteiger partial charge in [0.25, 0.3) is 0 Å². The van der Waals surface area contributed by atoms with Gasteiger partial charge < -0.3 is 4.74 Å². The van der Waals surface area contributed by atoms with Gasteiger partial charge in [0, 0.05) is 10.6 Å². The Kier molecular flexibility index (Phi) is 3.56. The zero-order valence-corrected chi connectivity index (χ0v) is 11.2. The number of ether oxygens (including phenoxy) is 1. The highest BCUT2D eigenvalue weighted by Crippen LogP contribution is 2.22. The second kappa shape index (κ2) is 5.67. The van der Waals surface area contributed by atoms with Gasteiger partial charge in [-0.3, -0.25) is 0 Å². The van der Waals surface area contributed by atoms with E-state index in [-0.39, 0.29) is 6.01 Å². The molecule has 98 valence electrons. The molecule has 4 nitrogen and oxygen atoms in total. The van der Waals surface area contributed by atoms with Crippen LogP contribution in [0, 0.1) is 0 Å². The summed E-state index contributed by atoms with van der Waals surface area (Å²) >= 11 is 5.97. The molecule has 0 aliphatic heterocycles. The fraction of sp³-hybridized carbons (Fsp3) is 0. The standard InChI is InChI=1S/C15H10ClN3O/c16-12-6-4-5-11(9-12)14-10-17-19-15(18-14)20-13-7-2-1-3-8-13/h1-10H. The van der Waals surface area contributed by atoms with Crippen LogP contribution in [-0.4, -0.2) is 15.2 Å². The predicted octanol–water partition coefficient (Wildman–Crippen LogP) is 3.98. The average molecular weight is 284 g/mol. The summed E-state index contributed by atoms with van der Waals surface area (Å²) in [4.78, 5) is 4.32. The van der Waals surface area contributed by atoms with Gasteiger partial charge in [-0.15, -0.1) is 0 Å². The average Bonchev–Trinajstić information content (AvgIpc) is 2.49. The summed E-state index contributed by atoms with van der Waals surface area (Å²) in [7, 11) is 0. The van der Waals surface area contributed by atoms with Crippen LogP contribution in [0.2, 0.25) is 5.02 Å². The van der Waals surface area contributed by atoms with Crippen molar-refractivity contribution in [3.63, 3.8) is 0 Å². The summed E-state index contributed by atoms with van der Waals surface area (Å²) in [5.74, 6) is 0.664. The van der Waals surface area contributed by atoms with Crippen molar-refractivity contribution >= 4 is 11.6 Å². The first-order valence-electron chi connectivity index (χ1n) is 6.00. The van der Waals surface area contributed by atoms with E-state index >= 15 is 0 Å². The number of benzene rings is 2. The van der Waals surface area contributed by atoms with Gasteiger partial charge in [0.05, 0.1) is 11.9 Å². The first-order valence-corrected chi connectivity index (χ1v) is 6.37. The van der Waals surface area contributed by atoms with Gasteiger partial charge in [-0.05, 0) is 24.3 Å². The number of para-hydroxylation sites is 1. The number of nitrogens with zero attached hydrogens (tertiary/aromatic N) is 3. The highest BCUT2D eigenvalue weighted by Gasteiger charge is 2.05. The minimum Gasteiger partial charge on any atom is -0.423 e. The van der Waals surface area contributed by atoms with Gasteiger partial charge in [0.15, 0.2) is 0 Å². The van der Waals surface area contributed by atoms with E-state index in [2.05, 4.69) is 15.2 Å². The fourth-order valence-corrected chi connectivity index (χ4v) is 1.90. The van der Waals surface area contributed by atoms with E-state index in [4.69, 9.17) is 16.3 Å². The number of aromatic nitrogens is 3. The highest BCUT2D eigenvalue weighted by molar-refractivity contribution is 6.30. The van der Waals surface area contributed by atoms with Gasteiger partial charge in [0.2, 0.25) is 0 Å². The largest absolute Gasteiger partial charge is 0.423 e. The maximum Gasteiger partial charge on any atom is 0.341 e. The zero-order valence-electron chi connectivity index (χ0n) is 10.4. The van der Waals surface area contributed by atoms with Crippen LogP contribution in [0.5, 0.6) is 11.8 Å². The van der Waals surface area contributed by atoms with Gasteiger partial charge >= 0.3 is 6.01 Å². The molecule has 20 heavy (non-hydrogen) atoms. The van der Waals surface area contributed by atoms with Crippen LogP contribution in [0.3, 0.4) is 0 Å². The summed E-state index contributed by atoms with van der Waals surface area (Å²) in [6, 6.07) is 16.9. The Hall–Kier alpha value is -2.46. The summed E-state index contributed by atoms with van der Waals surface area (Å²) < 4.78 is 5.55. The lowest BCUT2D eigenvalue weighted by Gasteiger charge is -2.04. The Morgan fingerprint density at radius 2 is 1.80 bits per heavy atom. The second-order valence-corrected chi connectivity index (χ2v) is 4.49. The molecule has 1 heterocycles. The van der Waals surface area contributed by atoms with E-state index < -0.39 is 0 Å². The molecule has 0 radical (unpaired) electrons. The molecule has 0 fully saturated rings. The maximum absolute atomic E-state index is 5.97. The molecule has 1 aromatic heterocycles. The molecule has 3 aromatic rings. The Morgan fingerprint density at radius 1 is 0.950 bits per heavy atom. The minimum absolute atomic E-state index is 0.202. The van der Waals surface area contributed by atoms with Crippen molar-refractivity contribution in [1.82, 2.24) is 15.2 Å². The van der Waals surface area contributed by atoms with Gasteiger partial charge in [-0.1, -0.05) is 47.0 Å². The normalized spacial score (nSPS) is 10.2. The number of rotatable bonds is 3. The van der Waals surface area contributed by atoms with Gasteiger partial charge in [0.1, 0.15) is 5.75 Å². The molecule has 3 rings (SSSR count). The lowest BCUT2D eigenvalue weighted by Crippen LogP contribution is -1.95. The molecular weight excluding hydrogens is 274 g/mol. The molecule has 0 aliphatic rings.